The van der Waals surface area contributed by atoms with Gasteiger partial charge in [-0.15, -0.1) is 0 Å². The van der Waals surface area contributed by atoms with Gasteiger partial charge in [-0.3, -0.25) is 9.59 Å². The second-order valence-electron chi connectivity index (χ2n) is 14.4. The molecule has 0 N–H and O–H groups in total. The van der Waals surface area contributed by atoms with Crippen molar-refractivity contribution in [1.82, 2.24) is 0 Å². The predicted molar refractivity (Wildman–Crippen MR) is 138 cm³/mol. The van der Waals surface area contributed by atoms with Crippen molar-refractivity contribution in [3.05, 3.63) is 12.2 Å². The van der Waals surface area contributed by atoms with Crippen molar-refractivity contribution in [2.75, 3.05) is 6.61 Å². The first-order valence-electron chi connectivity index (χ1n) is 15.5. The minimum absolute atomic E-state index is 0.0515. The molecule has 0 aromatic carbocycles. The zero-order valence-electron chi connectivity index (χ0n) is 22.5. The average molecular weight is 495 g/mol. The van der Waals surface area contributed by atoms with Crippen LogP contribution >= 0.6 is 0 Å². The molecule has 0 amide bonds. The number of allylic oxidation sites excluding steroid dienone is 2. The van der Waals surface area contributed by atoms with Crippen LogP contribution in [0.2, 0.25) is 0 Å². The minimum atomic E-state index is -0.252. The molecule has 198 valence electrons. The Morgan fingerprint density at radius 2 is 1.67 bits per heavy atom. The van der Waals surface area contributed by atoms with Crippen LogP contribution in [0.15, 0.2) is 12.2 Å². The second-order valence-corrected chi connectivity index (χ2v) is 14.4. The van der Waals surface area contributed by atoms with Crippen molar-refractivity contribution in [2.45, 2.75) is 103 Å². The molecule has 11 unspecified atom stereocenters. The fourth-order valence-electron chi connectivity index (χ4n) is 11.2. The number of hydrogen-bond acceptors (Lipinski definition) is 4. The van der Waals surface area contributed by atoms with Crippen LogP contribution in [0, 0.1) is 64.6 Å². The lowest BCUT2D eigenvalue weighted by molar-refractivity contribution is -0.169. The van der Waals surface area contributed by atoms with Gasteiger partial charge >= 0.3 is 11.9 Å². The largest absolute Gasteiger partial charge is 0.465 e. The Morgan fingerprint density at radius 3 is 2.44 bits per heavy atom. The summed E-state index contributed by atoms with van der Waals surface area (Å²) in [6, 6.07) is 0. The highest BCUT2D eigenvalue weighted by Crippen LogP contribution is 2.67. The fraction of sp³-hybridized carbons (Fsp3) is 0.875. The molecule has 4 heteroatoms. The van der Waals surface area contributed by atoms with Crippen LogP contribution in [0.1, 0.15) is 97.3 Å². The van der Waals surface area contributed by atoms with Crippen molar-refractivity contribution in [3.8, 4) is 0 Å². The van der Waals surface area contributed by atoms with Gasteiger partial charge in [0.1, 0.15) is 5.60 Å². The monoisotopic (exact) mass is 494 g/mol. The maximum absolute atomic E-state index is 13.4. The molecule has 7 aliphatic rings. The first kappa shape index (κ1) is 23.8. The first-order valence-corrected chi connectivity index (χ1v) is 15.5. The van der Waals surface area contributed by atoms with E-state index >= 15 is 0 Å². The molecular weight excluding hydrogens is 448 g/mol. The van der Waals surface area contributed by atoms with Gasteiger partial charge in [0.15, 0.2) is 0 Å². The topological polar surface area (TPSA) is 52.6 Å². The van der Waals surface area contributed by atoms with E-state index in [9.17, 15) is 9.59 Å². The summed E-state index contributed by atoms with van der Waals surface area (Å²) in [5.74, 6) is 5.63. The van der Waals surface area contributed by atoms with Gasteiger partial charge in [-0.25, -0.2) is 0 Å². The third kappa shape index (κ3) is 3.58. The first-order chi connectivity index (χ1) is 17.4. The Balaban J connectivity index is 0.970. The number of carbonyl (C=O) groups excluding carboxylic acids is 2. The number of hydrogen-bond donors (Lipinski definition) is 0. The number of esters is 2. The molecule has 0 aromatic heterocycles. The molecule has 0 spiro atoms. The molecular formula is C32H46O4. The molecule has 7 rings (SSSR count). The lowest BCUT2D eigenvalue weighted by atomic mass is 9.69. The Kier molecular flexibility index (Phi) is 5.68. The minimum Gasteiger partial charge on any atom is -0.465 e. The Bertz CT molecular complexity index is 932. The van der Waals surface area contributed by atoms with Gasteiger partial charge in [-0.2, -0.15) is 0 Å². The van der Waals surface area contributed by atoms with Crippen LogP contribution in [0.25, 0.3) is 0 Å². The van der Waals surface area contributed by atoms with Crippen LogP contribution in [-0.2, 0) is 19.1 Å². The zero-order valence-corrected chi connectivity index (χ0v) is 22.5. The van der Waals surface area contributed by atoms with Crippen LogP contribution in [0.5, 0.6) is 0 Å². The van der Waals surface area contributed by atoms with E-state index in [1.165, 1.54) is 38.5 Å². The van der Waals surface area contributed by atoms with Crippen molar-refractivity contribution >= 4 is 11.9 Å². The molecule has 6 bridgehead atoms. The summed E-state index contributed by atoms with van der Waals surface area (Å²) in [5.41, 5.74) is -0.0929. The molecule has 6 fully saturated rings. The predicted octanol–water partition coefficient (Wildman–Crippen LogP) is 6.72. The summed E-state index contributed by atoms with van der Waals surface area (Å²) in [7, 11) is 0. The van der Waals surface area contributed by atoms with Gasteiger partial charge in [-0.05, 0) is 137 Å². The number of rotatable bonds is 7. The summed E-state index contributed by atoms with van der Waals surface area (Å²) in [6.07, 6.45) is 19.6. The summed E-state index contributed by atoms with van der Waals surface area (Å²) in [4.78, 5) is 26.7. The highest BCUT2D eigenvalue weighted by molar-refractivity contribution is 5.74. The fourth-order valence-corrected chi connectivity index (χ4v) is 11.2. The van der Waals surface area contributed by atoms with Gasteiger partial charge in [0, 0.05) is 0 Å². The van der Waals surface area contributed by atoms with E-state index in [0.29, 0.717) is 24.4 Å². The quantitative estimate of drug-likeness (QED) is 0.224. The lowest BCUT2D eigenvalue weighted by Crippen LogP contribution is -2.39. The van der Waals surface area contributed by atoms with E-state index in [1.54, 1.807) is 0 Å². The van der Waals surface area contributed by atoms with Crippen LogP contribution in [0.4, 0.5) is 0 Å². The summed E-state index contributed by atoms with van der Waals surface area (Å²) < 4.78 is 12.4. The van der Waals surface area contributed by atoms with Crippen LogP contribution in [0.3, 0.4) is 0 Å². The third-order valence-corrected chi connectivity index (χ3v) is 12.8. The van der Waals surface area contributed by atoms with Gasteiger partial charge in [0.25, 0.3) is 0 Å². The van der Waals surface area contributed by atoms with E-state index in [-0.39, 0.29) is 34.8 Å². The Hall–Kier alpha value is -1.32. The smallest absolute Gasteiger partial charge is 0.309 e. The van der Waals surface area contributed by atoms with E-state index in [1.807, 2.05) is 0 Å². The Morgan fingerprint density at radius 1 is 0.889 bits per heavy atom. The summed E-state index contributed by atoms with van der Waals surface area (Å²) >= 11 is 0. The van der Waals surface area contributed by atoms with E-state index in [0.717, 1.165) is 74.5 Å². The van der Waals surface area contributed by atoms with Gasteiger partial charge < -0.3 is 9.47 Å². The average Bonchev–Trinajstić information content (AvgIpc) is 3.70. The molecule has 0 heterocycles. The number of ether oxygens (including phenoxy) is 2. The second kappa shape index (κ2) is 8.60. The highest BCUT2D eigenvalue weighted by atomic mass is 16.6. The van der Waals surface area contributed by atoms with E-state index in [4.69, 9.17) is 9.47 Å². The van der Waals surface area contributed by atoms with Crippen molar-refractivity contribution in [3.63, 3.8) is 0 Å². The van der Waals surface area contributed by atoms with E-state index < -0.39 is 0 Å². The number of fused-ring (bicyclic) bond motifs is 11. The van der Waals surface area contributed by atoms with Gasteiger partial charge in [0.2, 0.25) is 0 Å². The highest BCUT2D eigenvalue weighted by Gasteiger charge is 2.63. The maximum Gasteiger partial charge on any atom is 0.309 e. The molecule has 0 radical (unpaired) electrons. The standard InChI is InChI=1S/C32H46O4/c1-3-23(18-35-29(33)25-15-22-14-24(25)28-20-8-7-19(13-20)27(22)28)32-12-9-21(16-32)26(17-32)30(34)36-31(2)10-5-4-6-11-31/h7-8,19-28H,3-6,9-18H2,1-2H3. The summed E-state index contributed by atoms with van der Waals surface area (Å²) in [6.45, 7) is 4.95. The van der Waals surface area contributed by atoms with Crippen LogP contribution < -0.4 is 0 Å². The molecule has 11 atom stereocenters. The molecule has 36 heavy (non-hydrogen) atoms. The molecule has 7 aliphatic carbocycles. The van der Waals surface area contributed by atoms with E-state index in [2.05, 4.69) is 26.0 Å². The molecule has 0 saturated heterocycles. The van der Waals surface area contributed by atoms with Crippen molar-refractivity contribution in [1.29, 1.82) is 0 Å². The summed E-state index contributed by atoms with van der Waals surface area (Å²) in [5, 5.41) is 0. The normalized spacial score (nSPS) is 47.8. The zero-order chi connectivity index (χ0) is 24.7. The van der Waals surface area contributed by atoms with Gasteiger partial charge in [-0.1, -0.05) is 25.5 Å². The van der Waals surface area contributed by atoms with Crippen molar-refractivity contribution in [2.24, 2.45) is 64.6 Å². The third-order valence-electron chi connectivity index (χ3n) is 12.8. The maximum atomic E-state index is 13.4. The molecule has 0 aromatic rings. The van der Waals surface area contributed by atoms with Crippen molar-refractivity contribution < 1.29 is 19.1 Å². The number of carbonyl (C=O) groups is 2. The molecule has 6 saturated carbocycles. The molecule has 4 nitrogen and oxygen atoms in total. The van der Waals surface area contributed by atoms with Crippen LogP contribution in [-0.4, -0.2) is 24.1 Å². The Labute approximate surface area is 217 Å². The molecule has 0 aliphatic heterocycles. The lowest BCUT2D eigenvalue weighted by Gasteiger charge is -2.39. The SMILES string of the molecule is CCC(COC(=O)C1CC2CC1C1C3C=CC(C3)C21)C12CCC(C1)C(C(=O)OC1(C)CCCCC1)C2. The van der Waals surface area contributed by atoms with Gasteiger partial charge in [0.05, 0.1) is 18.4 Å².